The summed E-state index contributed by atoms with van der Waals surface area (Å²) < 4.78 is 13.9. The SMILES string of the molecule is c1ccc(-c2ccc(-c3cn4[n+](c3)C35c6c(cccc6-4)N4c6ccccc6Oc6ccc(c3c64)-c3cccc[n+]35)cc2)cc1. The summed E-state index contributed by atoms with van der Waals surface area (Å²) in [6.07, 6.45) is 6.85. The lowest BCUT2D eigenvalue weighted by Crippen LogP contribution is -2.73. The van der Waals surface area contributed by atoms with Crippen molar-refractivity contribution in [1.29, 1.82) is 0 Å². The van der Waals surface area contributed by atoms with E-state index in [0.29, 0.717) is 0 Å². The van der Waals surface area contributed by atoms with Gasteiger partial charge in [0, 0.05) is 12.1 Å². The Morgan fingerprint density at radius 3 is 2.16 bits per heavy atom. The van der Waals surface area contributed by atoms with Crippen molar-refractivity contribution in [3.05, 3.63) is 157 Å². The van der Waals surface area contributed by atoms with Gasteiger partial charge in [0.05, 0.1) is 28.7 Å². The molecule has 0 saturated carbocycles. The minimum atomic E-state index is -0.600. The Hall–Kier alpha value is -5.94. The highest BCUT2D eigenvalue weighted by atomic mass is 16.5. The Morgan fingerprint density at radius 2 is 1.27 bits per heavy atom. The fourth-order valence-electron chi connectivity index (χ4n) is 8.06. The standard InChI is InChI=1S/C39H24N4O/c1-2-9-25(10-3-1)26-16-18-27(19-17-26)28-23-41-32-13-8-14-33-37(32)39(42(41)24-28)36-29(30-11-6-7-22-40(30)39)20-21-35-38(36)43(33)31-12-4-5-15-34(31)44-35/h1-24H/q+2. The van der Waals surface area contributed by atoms with Crippen molar-refractivity contribution in [3.63, 3.8) is 0 Å². The van der Waals surface area contributed by atoms with Crippen LogP contribution in [0.5, 0.6) is 11.5 Å². The third kappa shape index (κ3) is 2.50. The number of para-hydroxylation sites is 2. The summed E-state index contributed by atoms with van der Waals surface area (Å²) >= 11 is 0. The number of rotatable bonds is 2. The van der Waals surface area contributed by atoms with Crippen LogP contribution in [0.4, 0.5) is 17.1 Å². The maximum absolute atomic E-state index is 6.62. The van der Waals surface area contributed by atoms with E-state index in [9.17, 15) is 0 Å². The van der Waals surface area contributed by atoms with Gasteiger partial charge in [-0.05, 0) is 63.8 Å². The monoisotopic (exact) mass is 564 g/mol. The van der Waals surface area contributed by atoms with Crippen LogP contribution in [0.25, 0.3) is 39.2 Å². The molecule has 4 aliphatic rings. The quantitative estimate of drug-likeness (QED) is 0.200. The van der Waals surface area contributed by atoms with E-state index in [-0.39, 0.29) is 0 Å². The number of pyridine rings is 1. The van der Waals surface area contributed by atoms with Crippen LogP contribution in [0.2, 0.25) is 0 Å². The van der Waals surface area contributed by atoms with E-state index in [1.165, 1.54) is 56.0 Å². The summed E-state index contributed by atoms with van der Waals surface area (Å²) in [6.45, 7) is 0. The molecule has 4 aliphatic heterocycles. The first-order chi connectivity index (χ1) is 21.8. The molecule has 0 bridgehead atoms. The molecular formula is C39H24N4O+2. The molecule has 5 nitrogen and oxygen atoms in total. The molecule has 11 rings (SSSR count). The van der Waals surface area contributed by atoms with Crippen molar-refractivity contribution < 1.29 is 14.0 Å². The van der Waals surface area contributed by atoms with Gasteiger partial charge in [-0.25, -0.2) is 0 Å². The van der Waals surface area contributed by atoms with Gasteiger partial charge >= 0.3 is 5.66 Å². The molecule has 1 unspecified atom stereocenters. The molecule has 204 valence electrons. The lowest BCUT2D eigenvalue weighted by molar-refractivity contribution is -0.987. The zero-order chi connectivity index (χ0) is 28.6. The molecule has 0 amide bonds. The molecule has 6 heterocycles. The van der Waals surface area contributed by atoms with Crippen LogP contribution in [0, 0.1) is 0 Å². The third-order valence-electron chi connectivity index (χ3n) is 9.79. The largest absolute Gasteiger partial charge is 0.453 e. The molecule has 0 radical (unpaired) electrons. The first-order valence-electron chi connectivity index (χ1n) is 15.0. The van der Waals surface area contributed by atoms with Crippen LogP contribution in [-0.2, 0) is 5.66 Å². The molecule has 44 heavy (non-hydrogen) atoms. The summed E-state index contributed by atoms with van der Waals surface area (Å²) in [6, 6.07) is 45.5. The number of benzene rings is 5. The number of hydrogen-bond acceptors (Lipinski definition) is 2. The van der Waals surface area contributed by atoms with Crippen molar-refractivity contribution >= 4 is 17.1 Å². The van der Waals surface area contributed by atoms with Gasteiger partial charge in [0.2, 0.25) is 11.9 Å². The Morgan fingerprint density at radius 1 is 0.545 bits per heavy atom. The Kier molecular flexibility index (Phi) is 3.97. The van der Waals surface area contributed by atoms with Gasteiger partial charge in [0.25, 0.3) is 0 Å². The zero-order valence-electron chi connectivity index (χ0n) is 23.6. The second-order valence-corrected chi connectivity index (χ2v) is 11.9. The Balaban J connectivity index is 1.21. The van der Waals surface area contributed by atoms with Gasteiger partial charge in [0.1, 0.15) is 16.9 Å². The van der Waals surface area contributed by atoms with Crippen LogP contribution in [0.1, 0.15) is 11.1 Å². The summed E-state index contributed by atoms with van der Waals surface area (Å²) in [5.41, 5.74) is 13.7. The number of anilines is 3. The Labute approximate surface area is 253 Å². The van der Waals surface area contributed by atoms with Gasteiger partial charge < -0.3 is 9.64 Å². The van der Waals surface area contributed by atoms with E-state index in [1.54, 1.807) is 0 Å². The maximum Gasteiger partial charge on any atom is 0.444 e. The molecule has 5 aromatic carbocycles. The van der Waals surface area contributed by atoms with E-state index in [2.05, 4.69) is 159 Å². The van der Waals surface area contributed by atoms with Gasteiger partial charge in [-0.1, -0.05) is 72.8 Å². The number of hydrogen-bond donors (Lipinski definition) is 0. The summed E-state index contributed by atoms with van der Waals surface area (Å²) in [5, 5.41) is 0. The van der Waals surface area contributed by atoms with Crippen LogP contribution in [-0.4, -0.2) is 4.68 Å². The summed E-state index contributed by atoms with van der Waals surface area (Å²) in [4.78, 5) is 2.42. The second kappa shape index (κ2) is 7.71. The van der Waals surface area contributed by atoms with Crippen molar-refractivity contribution in [2.75, 3.05) is 4.90 Å². The Bertz CT molecular complexity index is 2370. The fraction of sp³-hybridized carbons (Fsp3) is 0.0256. The highest BCUT2D eigenvalue weighted by molar-refractivity contribution is 5.97. The smallest absolute Gasteiger partial charge is 0.444 e. The minimum Gasteiger partial charge on any atom is -0.453 e. The molecule has 7 aromatic rings. The molecule has 1 atom stereocenters. The average Bonchev–Trinajstić information content (AvgIpc) is 3.74. The highest BCUT2D eigenvalue weighted by Gasteiger charge is 2.72. The summed E-state index contributed by atoms with van der Waals surface area (Å²) in [5.74, 6) is 1.76. The van der Waals surface area contributed by atoms with E-state index >= 15 is 0 Å². The van der Waals surface area contributed by atoms with Crippen molar-refractivity contribution in [1.82, 2.24) is 4.68 Å². The molecule has 1 spiro atoms. The average molecular weight is 565 g/mol. The second-order valence-electron chi connectivity index (χ2n) is 11.9. The van der Waals surface area contributed by atoms with E-state index < -0.39 is 5.66 Å². The maximum atomic E-state index is 6.62. The first-order valence-corrected chi connectivity index (χ1v) is 15.0. The molecule has 0 fully saturated rings. The molecule has 0 aliphatic carbocycles. The van der Waals surface area contributed by atoms with E-state index in [0.717, 1.165) is 22.9 Å². The van der Waals surface area contributed by atoms with E-state index in [1.807, 2.05) is 6.07 Å². The topological polar surface area (TPSA) is 25.2 Å². The first kappa shape index (κ1) is 22.6. The van der Waals surface area contributed by atoms with Crippen molar-refractivity contribution in [3.8, 4) is 50.7 Å². The molecule has 2 aromatic heterocycles. The normalized spacial score (nSPS) is 16.9. The molecule has 0 N–H and O–H groups in total. The van der Waals surface area contributed by atoms with Gasteiger partial charge in [-0.15, -0.1) is 9.25 Å². The predicted octanol–water partition coefficient (Wildman–Crippen LogP) is 7.87. The number of nitrogens with zero attached hydrogens (tertiary/aromatic N) is 4. The fourth-order valence-corrected chi connectivity index (χ4v) is 8.06. The number of ether oxygens (including phenoxy) is 1. The lowest BCUT2D eigenvalue weighted by Gasteiger charge is -2.38. The van der Waals surface area contributed by atoms with Crippen LogP contribution >= 0.6 is 0 Å². The number of fused-ring (bicyclic) bond motifs is 7. The van der Waals surface area contributed by atoms with Crippen molar-refractivity contribution in [2.45, 2.75) is 5.66 Å². The van der Waals surface area contributed by atoms with Gasteiger partial charge in [-0.3, -0.25) is 0 Å². The van der Waals surface area contributed by atoms with Gasteiger partial charge in [0.15, 0.2) is 23.3 Å². The van der Waals surface area contributed by atoms with Crippen molar-refractivity contribution in [2.24, 2.45) is 0 Å². The summed E-state index contributed by atoms with van der Waals surface area (Å²) in [7, 11) is 0. The van der Waals surface area contributed by atoms with Crippen LogP contribution in [0.3, 0.4) is 0 Å². The minimum absolute atomic E-state index is 0.600. The molecular weight excluding hydrogens is 540 g/mol. The van der Waals surface area contributed by atoms with Crippen LogP contribution in [0.15, 0.2) is 146 Å². The van der Waals surface area contributed by atoms with Crippen LogP contribution < -0.4 is 18.9 Å². The lowest BCUT2D eigenvalue weighted by atomic mass is 9.82. The predicted molar refractivity (Wildman–Crippen MR) is 169 cm³/mol. The van der Waals surface area contributed by atoms with E-state index in [4.69, 9.17) is 4.74 Å². The zero-order valence-corrected chi connectivity index (χ0v) is 23.6. The molecule has 0 saturated heterocycles. The molecule has 5 heteroatoms. The van der Waals surface area contributed by atoms with Gasteiger partial charge in [-0.2, -0.15) is 0 Å². The number of aromatic nitrogens is 3. The highest BCUT2D eigenvalue weighted by Crippen LogP contribution is 2.63. The third-order valence-corrected chi connectivity index (χ3v) is 9.79.